The Balaban J connectivity index is 1.97. The first-order valence-corrected chi connectivity index (χ1v) is 7.86. The number of nitrogens with two attached hydrogens (primary N) is 1. The predicted octanol–water partition coefficient (Wildman–Crippen LogP) is 1.42. The lowest BCUT2D eigenvalue weighted by Gasteiger charge is -2.38. The summed E-state index contributed by atoms with van der Waals surface area (Å²) in [5.74, 6) is 0.556. The highest BCUT2D eigenvalue weighted by Crippen LogP contribution is 2.36. The molecule has 2 aliphatic heterocycles. The second-order valence-corrected chi connectivity index (χ2v) is 6.02. The van der Waals surface area contributed by atoms with E-state index in [1.165, 1.54) is 5.56 Å². The van der Waals surface area contributed by atoms with E-state index in [1.807, 2.05) is 12.3 Å². The minimum Gasteiger partial charge on any atom is -0.370 e. The Labute approximate surface area is 130 Å². The number of primary amides is 1. The van der Waals surface area contributed by atoms with Crippen molar-refractivity contribution in [3.05, 3.63) is 35.9 Å². The van der Waals surface area contributed by atoms with E-state index in [9.17, 15) is 4.79 Å². The van der Waals surface area contributed by atoms with Gasteiger partial charge in [-0.1, -0.05) is 30.3 Å². The first kappa shape index (κ1) is 14.9. The highest BCUT2D eigenvalue weighted by Gasteiger charge is 2.40. The number of hydrogen-bond donors (Lipinski definition) is 2. The third kappa shape index (κ3) is 2.95. The minimum absolute atomic E-state index is 0.0690. The Bertz CT molecular complexity index is 588. The van der Waals surface area contributed by atoms with Crippen molar-refractivity contribution in [1.82, 2.24) is 5.32 Å². The summed E-state index contributed by atoms with van der Waals surface area (Å²) in [6.07, 6.45) is 4.81. The quantitative estimate of drug-likeness (QED) is 0.881. The number of carbonyl (C=O) groups is 1. The van der Waals surface area contributed by atoms with Crippen molar-refractivity contribution in [3.8, 4) is 0 Å². The highest BCUT2D eigenvalue weighted by atomic mass is 16.1. The summed E-state index contributed by atoms with van der Waals surface area (Å²) in [5.41, 5.74) is 6.43. The molecule has 5 nitrogen and oxygen atoms in total. The molecular weight excluding hydrogens is 276 g/mol. The fourth-order valence-corrected chi connectivity index (χ4v) is 3.38. The molecule has 1 unspecified atom stereocenters. The molecule has 5 heteroatoms. The fourth-order valence-electron chi connectivity index (χ4n) is 3.38. The fraction of sp³-hybridized carbons (Fsp3) is 0.471. The van der Waals surface area contributed by atoms with Gasteiger partial charge < -0.3 is 11.1 Å². The number of carbonyl (C=O) groups excluding carboxylic acids is 1. The SMILES string of the molecule is NC(=O)CC1CC=NC(C2(c3ccccc3)CCNCC2)=N1. The summed E-state index contributed by atoms with van der Waals surface area (Å²) >= 11 is 0. The van der Waals surface area contributed by atoms with E-state index in [1.54, 1.807) is 0 Å². The van der Waals surface area contributed by atoms with Crippen LogP contribution in [0.2, 0.25) is 0 Å². The van der Waals surface area contributed by atoms with Gasteiger partial charge in [-0.15, -0.1) is 0 Å². The van der Waals surface area contributed by atoms with Crippen molar-refractivity contribution >= 4 is 18.0 Å². The molecular formula is C17H22N4O. The molecule has 1 fully saturated rings. The van der Waals surface area contributed by atoms with Crippen molar-refractivity contribution in [2.45, 2.75) is 37.1 Å². The Morgan fingerprint density at radius 3 is 2.68 bits per heavy atom. The highest BCUT2D eigenvalue weighted by molar-refractivity contribution is 6.00. The van der Waals surface area contributed by atoms with Gasteiger partial charge in [0.2, 0.25) is 5.91 Å². The molecule has 0 aliphatic carbocycles. The van der Waals surface area contributed by atoms with Crippen molar-refractivity contribution in [2.75, 3.05) is 13.1 Å². The zero-order chi connectivity index (χ0) is 15.4. The van der Waals surface area contributed by atoms with Crippen molar-refractivity contribution in [2.24, 2.45) is 15.7 Å². The van der Waals surface area contributed by atoms with Crippen molar-refractivity contribution in [1.29, 1.82) is 0 Å². The molecule has 1 aromatic carbocycles. The summed E-state index contributed by atoms with van der Waals surface area (Å²) in [4.78, 5) is 20.6. The maximum absolute atomic E-state index is 11.2. The van der Waals surface area contributed by atoms with Crippen LogP contribution in [0.1, 0.15) is 31.2 Å². The lowest BCUT2D eigenvalue weighted by atomic mass is 9.72. The summed E-state index contributed by atoms with van der Waals surface area (Å²) < 4.78 is 0. The van der Waals surface area contributed by atoms with Gasteiger partial charge in [-0.05, 0) is 31.5 Å². The molecule has 1 aromatic rings. The zero-order valence-electron chi connectivity index (χ0n) is 12.7. The number of hydrogen-bond acceptors (Lipinski definition) is 4. The number of piperidine rings is 1. The minimum atomic E-state index is -0.303. The number of aliphatic imine (C=N–C) groups is 2. The predicted molar refractivity (Wildman–Crippen MR) is 88.4 cm³/mol. The molecule has 0 saturated carbocycles. The molecule has 3 N–H and O–H groups in total. The zero-order valence-corrected chi connectivity index (χ0v) is 12.7. The molecule has 0 spiro atoms. The summed E-state index contributed by atoms with van der Waals surface area (Å²) in [5, 5.41) is 3.41. The topological polar surface area (TPSA) is 79.8 Å². The van der Waals surface area contributed by atoms with E-state index in [4.69, 9.17) is 10.7 Å². The smallest absolute Gasteiger partial charge is 0.219 e. The van der Waals surface area contributed by atoms with Gasteiger partial charge >= 0.3 is 0 Å². The normalized spacial score (nSPS) is 23.8. The standard InChI is InChI=1S/C17H22N4O/c18-15(22)12-14-6-9-20-16(21-14)17(7-10-19-11-8-17)13-4-2-1-3-5-13/h1-5,9,14,19H,6-8,10-12H2,(H2,18,22). The van der Waals surface area contributed by atoms with Gasteiger partial charge in [-0.2, -0.15) is 0 Å². The van der Waals surface area contributed by atoms with E-state index in [-0.39, 0.29) is 17.4 Å². The molecule has 0 aromatic heterocycles. The molecule has 2 aliphatic rings. The van der Waals surface area contributed by atoms with Crippen molar-refractivity contribution in [3.63, 3.8) is 0 Å². The van der Waals surface area contributed by atoms with E-state index in [0.29, 0.717) is 12.8 Å². The second kappa shape index (κ2) is 6.40. The summed E-state index contributed by atoms with van der Waals surface area (Å²) in [6, 6.07) is 10.4. The Morgan fingerprint density at radius 1 is 1.27 bits per heavy atom. The van der Waals surface area contributed by atoms with Crippen LogP contribution in [0.3, 0.4) is 0 Å². The molecule has 1 atom stereocenters. The number of nitrogens with zero attached hydrogens (tertiary/aromatic N) is 2. The molecule has 3 rings (SSSR count). The van der Waals surface area contributed by atoms with Crippen LogP contribution in [0.25, 0.3) is 0 Å². The van der Waals surface area contributed by atoms with Crippen LogP contribution in [0.4, 0.5) is 0 Å². The Morgan fingerprint density at radius 2 is 2.00 bits per heavy atom. The van der Waals surface area contributed by atoms with Crippen LogP contribution in [-0.4, -0.2) is 37.1 Å². The number of rotatable bonds is 4. The molecule has 116 valence electrons. The van der Waals surface area contributed by atoms with Crippen LogP contribution in [0, 0.1) is 0 Å². The largest absolute Gasteiger partial charge is 0.370 e. The first-order valence-electron chi connectivity index (χ1n) is 7.86. The van der Waals surface area contributed by atoms with Crippen LogP contribution in [0.5, 0.6) is 0 Å². The molecule has 22 heavy (non-hydrogen) atoms. The number of benzene rings is 1. The average molecular weight is 298 g/mol. The second-order valence-electron chi connectivity index (χ2n) is 6.02. The van der Waals surface area contributed by atoms with Gasteiger partial charge in [0, 0.05) is 19.1 Å². The van der Waals surface area contributed by atoms with Crippen LogP contribution in [0.15, 0.2) is 40.3 Å². The maximum atomic E-state index is 11.2. The van der Waals surface area contributed by atoms with Gasteiger partial charge in [-0.3, -0.25) is 9.79 Å². The van der Waals surface area contributed by atoms with Gasteiger partial charge in [0.15, 0.2) is 0 Å². The molecule has 1 saturated heterocycles. The Kier molecular flexibility index (Phi) is 4.34. The molecule has 0 radical (unpaired) electrons. The van der Waals surface area contributed by atoms with E-state index in [0.717, 1.165) is 31.8 Å². The summed E-state index contributed by atoms with van der Waals surface area (Å²) in [6.45, 7) is 1.90. The monoisotopic (exact) mass is 298 g/mol. The number of amides is 1. The van der Waals surface area contributed by atoms with Crippen LogP contribution < -0.4 is 11.1 Å². The van der Waals surface area contributed by atoms with Crippen LogP contribution in [-0.2, 0) is 10.2 Å². The van der Waals surface area contributed by atoms with Gasteiger partial charge in [-0.25, -0.2) is 4.99 Å². The number of nitrogens with one attached hydrogen (secondary N) is 1. The van der Waals surface area contributed by atoms with Gasteiger partial charge in [0.05, 0.1) is 11.5 Å². The first-order chi connectivity index (χ1) is 10.7. The van der Waals surface area contributed by atoms with E-state index in [2.05, 4.69) is 34.6 Å². The van der Waals surface area contributed by atoms with E-state index >= 15 is 0 Å². The molecule has 0 bridgehead atoms. The third-order valence-corrected chi connectivity index (χ3v) is 4.54. The maximum Gasteiger partial charge on any atom is 0.219 e. The number of amidine groups is 1. The van der Waals surface area contributed by atoms with Gasteiger partial charge in [0.25, 0.3) is 0 Å². The lowest BCUT2D eigenvalue weighted by molar-refractivity contribution is -0.118. The third-order valence-electron chi connectivity index (χ3n) is 4.54. The lowest BCUT2D eigenvalue weighted by Crippen LogP contribution is -2.46. The Hall–Kier alpha value is -2.01. The van der Waals surface area contributed by atoms with Crippen molar-refractivity contribution < 1.29 is 4.79 Å². The van der Waals surface area contributed by atoms with E-state index < -0.39 is 0 Å². The molecule has 2 heterocycles. The summed E-state index contributed by atoms with van der Waals surface area (Å²) in [7, 11) is 0. The molecule has 1 amide bonds. The van der Waals surface area contributed by atoms with Crippen LogP contribution >= 0.6 is 0 Å². The average Bonchev–Trinajstić information content (AvgIpc) is 2.56. The van der Waals surface area contributed by atoms with Gasteiger partial charge in [0.1, 0.15) is 5.84 Å².